The Morgan fingerprint density at radius 3 is 2.76 bits per heavy atom. The fraction of sp³-hybridized carbons (Fsp3) is 0.750. The van der Waals surface area contributed by atoms with Gasteiger partial charge in [0.1, 0.15) is 12.4 Å². The highest BCUT2D eigenvalue weighted by Crippen LogP contribution is 2.44. The molecule has 5 atom stereocenters. The largest absolute Gasteiger partial charge is 0.462 e. The van der Waals surface area contributed by atoms with Crippen LogP contribution in [0.25, 0.3) is 0 Å². The zero-order chi connectivity index (χ0) is 21.1. The number of rotatable bonds is 8. The number of aliphatic hydroxyl groups is 1. The molecule has 2 rings (SSSR count). The van der Waals surface area contributed by atoms with Crippen LogP contribution >= 0.6 is 19.3 Å². The first-order valence-corrected chi connectivity index (χ1v) is 11.7. The van der Waals surface area contributed by atoms with Crippen LogP contribution in [0.15, 0.2) is 11.1 Å². The summed E-state index contributed by atoms with van der Waals surface area (Å²) in [5, 5.41) is 12.1. The molecule has 1 aliphatic heterocycles. The number of thioether (sulfide) groups is 1. The first-order valence-electron chi connectivity index (χ1n) is 8.73. The molecular weight excluding hydrogens is 421 g/mol. The van der Waals surface area contributed by atoms with Crippen molar-refractivity contribution in [3.63, 3.8) is 0 Å². The maximum Gasteiger partial charge on any atom is 0.353 e. The number of nitrogens with zero attached hydrogens (tertiary/aromatic N) is 3. The van der Waals surface area contributed by atoms with E-state index in [1.54, 1.807) is 13.8 Å². The molecule has 0 spiro atoms. The Hall–Kier alpha value is -1.46. The van der Waals surface area contributed by atoms with Gasteiger partial charge in [-0.1, -0.05) is 7.43 Å². The molecule has 0 radical (unpaired) electrons. The topological polar surface area (TPSA) is 159 Å². The minimum absolute atomic E-state index is 0. The molecule has 1 aromatic heterocycles. The number of ether oxygens (including phenoxy) is 1. The van der Waals surface area contributed by atoms with Gasteiger partial charge in [0.15, 0.2) is 0 Å². The molecule has 11 nitrogen and oxygen atoms in total. The molecule has 1 saturated heterocycles. The van der Waals surface area contributed by atoms with E-state index in [-0.39, 0.29) is 37.9 Å². The monoisotopic (exact) mass is 451 g/mol. The molecular formula is C16H30N5O6PS. The third-order valence-electron chi connectivity index (χ3n) is 3.88. The van der Waals surface area contributed by atoms with Crippen molar-refractivity contribution in [1.29, 1.82) is 0 Å². The lowest BCUT2D eigenvalue weighted by Gasteiger charge is -2.22. The van der Waals surface area contributed by atoms with Crippen molar-refractivity contribution < 1.29 is 23.7 Å². The van der Waals surface area contributed by atoms with Gasteiger partial charge in [0, 0.05) is 13.1 Å². The molecule has 29 heavy (non-hydrogen) atoms. The van der Waals surface area contributed by atoms with Crippen molar-refractivity contribution in [2.75, 3.05) is 19.0 Å². The van der Waals surface area contributed by atoms with Gasteiger partial charge in [0.05, 0.1) is 29.4 Å². The number of nitrogens with two attached hydrogens (primary N) is 1. The number of nitrogens with one attached hydrogen (secondary N) is 1. The van der Waals surface area contributed by atoms with E-state index in [4.69, 9.17) is 15.0 Å². The summed E-state index contributed by atoms with van der Waals surface area (Å²) in [6, 6.07) is -0.808. The normalized spacial score (nSPS) is 24.6. The van der Waals surface area contributed by atoms with Crippen LogP contribution in [0.1, 0.15) is 40.0 Å². The maximum absolute atomic E-state index is 12.6. The molecule has 166 valence electrons. The van der Waals surface area contributed by atoms with Crippen molar-refractivity contribution in [2.45, 2.75) is 63.5 Å². The number of aromatic nitrogens is 3. The number of nitrogen functional groups attached to an aromatic ring is 1. The number of aliphatic hydroxyl groups excluding tert-OH is 1. The molecule has 0 aromatic carbocycles. The molecule has 0 aliphatic carbocycles. The number of hydrogen-bond donors (Lipinski definition) is 3. The van der Waals surface area contributed by atoms with E-state index in [0.717, 1.165) is 0 Å². The Balaban J connectivity index is 0.00000420. The lowest BCUT2D eigenvalue weighted by Crippen LogP contribution is -2.35. The van der Waals surface area contributed by atoms with E-state index in [1.807, 2.05) is 0 Å². The predicted molar refractivity (Wildman–Crippen MR) is 112 cm³/mol. The fourth-order valence-corrected chi connectivity index (χ4v) is 5.44. The third kappa shape index (κ3) is 7.38. The average Bonchev–Trinajstić information content (AvgIpc) is 2.92. The standard InChI is InChI=1S/C15H26N5O6PS.CH4/c1-8(2)26-13(22)9(3)19-27(4,24)25-6-11-10(21)5-12(28-11)20-7-17-14(16)18-15(20)23;/h7-12,21H,5-6H2,1-4H3,(H,19,24)(H2,16,18,23);1H4/t9-,10+,11+,12+,27?;/m0./s1. The highest BCUT2D eigenvalue weighted by atomic mass is 32.2. The number of carbonyl (C=O) groups is 1. The molecule has 0 saturated carbocycles. The lowest BCUT2D eigenvalue weighted by molar-refractivity contribution is -0.149. The minimum Gasteiger partial charge on any atom is -0.462 e. The average molecular weight is 451 g/mol. The van der Waals surface area contributed by atoms with Gasteiger partial charge in [-0.05, 0) is 20.8 Å². The maximum atomic E-state index is 12.6. The van der Waals surface area contributed by atoms with Crippen molar-refractivity contribution in [3.05, 3.63) is 16.8 Å². The second-order valence-electron chi connectivity index (χ2n) is 6.81. The second kappa shape index (κ2) is 10.5. The SMILES string of the molecule is C.CC(C)OC(=O)[C@H](C)NP(C)(=O)OC[C@H]1S[C@@H](n2cnc(N)nc2=O)C[C@H]1O. The number of esters is 1. The van der Waals surface area contributed by atoms with Crippen molar-refractivity contribution in [1.82, 2.24) is 19.6 Å². The van der Waals surface area contributed by atoms with Gasteiger partial charge in [-0.25, -0.2) is 14.9 Å². The Kier molecular flexibility index (Phi) is 9.29. The summed E-state index contributed by atoms with van der Waals surface area (Å²) in [7, 11) is -3.32. The van der Waals surface area contributed by atoms with Crippen LogP contribution in [0.4, 0.5) is 5.95 Å². The van der Waals surface area contributed by atoms with E-state index in [2.05, 4.69) is 15.1 Å². The predicted octanol–water partition coefficient (Wildman–Crippen LogP) is 0.991. The smallest absolute Gasteiger partial charge is 0.353 e. The van der Waals surface area contributed by atoms with Gasteiger partial charge < -0.3 is 20.1 Å². The van der Waals surface area contributed by atoms with Crippen LogP contribution in [0.2, 0.25) is 0 Å². The molecule has 1 aliphatic rings. The Morgan fingerprint density at radius 2 is 2.17 bits per heavy atom. The second-order valence-corrected chi connectivity index (χ2v) is 10.4. The van der Waals surface area contributed by atoms with Crippen molar-refractivity contribution in [3.8, 4) is 0 Å². The fourth-order valence-electron chi connectivity index (χ4n) is 2.58. The van der Waals surface area contributed by atoms with Gasteiger partial charge in [0.2, 0.25) is 5.95 Å². The highest BCUT2D eigenvalue weighted by molar-refractivity contribution is 8.00. The molecule has 2 heterocycles. The van der Waals surface area contributed by atoms with E-state index in [9.17, 15) is 19.3 Å². The molecule has 1 fully saturated rings. The first kappa shape index (κ1) is 25.6. The van der Waals surface area contributed by atoms with Crippen LogP contribution in [0.5, 0.6) is 0 Å². The van der Waals surface area contributed by atoms with Gasteiger partial charge in [-0.2, -0.15) is 4.98 Å². The van der Waals surface area contributed by atoms with Crippen molar-refractivity contribution in [2.24, 2.45) is 0 Å². The minimum atomic E-state index is -3.32. The lowest BCUT2D eigenvalue weighted by atomic mass is 10.2. The zero-order valence-corrected chi connectivity index (χ0v) is 17.9. The number of hydrogen-bond acceptors (Lipinski definition) is 10. The Labute approximate surface area is 174 Å². The van der Waals surface area contributed by atoms with E-state index < -0.39 is 36.6 Å². The van der Waals surface area contributed by atoms with Crippen LogP contribution in [0.3, 0.4) is 0 Å². The number of anilines is 1. The molecule has 13 heteroatoms. The van der Waals surface area contributed by atoms with Gasteiger partial charge in [-0.15, -0.1) is 11.8 Å². The summed E-state index contributed by atoms with van der Waals surface area (Å²) in [6.07, 6.45) is 0.510. The summed E-state index contributed by atoms with van der Waals surface area (Å²) >= 11 is 1.29. The van der Waals surface area contributed by atoms with Gasteiger partial charge in [0.25, 0.3) is 7.52 Å². The zero-order valence-electron chi connectivity index (χ0n) is 16.1. The molecule has 0 bridgehead atoms. The van der Waals surface area contributed by atoms with E-state index in [0.29, 0.717) is 0 Å². The summed E-state index contributed by atoms with van der Waals surface area (Å²) in [6.45, 7) is 6.30. The van der Waals surface area contributed by atoms with Crippen molar-refractivity contribution >= 4 is 31.2 Å². The Morgan fingerprint density at radius 1 is 1.52 bits per heavy atom. The summed E-state index contributed by atoms with van der Waals surface area (Å²) in [4.78, 5) is 31.1. The Bertz CT molecular complexity index is 806. The quantitative estimate of drug-likeness (QED) is 0.382. The summed E-state index contributed by atoms with van der Waals surface area (Å²) in [5.41, 5.74) is 4.82. The van der Waals surface area contributed by atoms with Crippen LogP contribution in [-0.4, -0.2) is 62.4 Å². The molecule has 1 aromatic rings. The summed E-state index contributed by atoms with van der Waals surface area (Å²) in [5.74, 6) is -0.647. The van der Waals surface area contributed by atoms with Gasteiger partial charge in [-0.3, -0.25) is 13.9 Å². The first-order chi connectivity index (χ1) is 13.0. The molecule has 0 amide bonds. The van der Waals surface area contributed by atoms with Crippen LogP contribution in [-0.2, 0) is 18.6 Å². The highest BCUT2D eigenvalue weighted by Gasteiger charge is 2.37. The van der Waals surface area contributed by atoms with Crippen LogP contribution in [0, 0.1) is 0 Å². The van der Waals surface area contributed by atoms with Crippen LogP contribution < -0.4 is 16.5 Å². The van der Waals surface area contributed by atoms with E-state index in [1.165, 1.54) is 36.2 Å². The molecule has 4 N–H and O–H groups in total. The van der Waals surface area contributed by atoms with E-state index >= 15 is 0 Å². The number of carbonyl (C=O) groups excluding carboxylic acids is 1. The van der Waals surface area contributed by atoms with Gasteiger partial charge >= 0.3 is 11.7 Å². The third-order valence-corrected chi connectivity index (χ3v) is 6.91. The summed E-state index contributed by atoms with van der Waals surface area (Å²) < 4.78 is 24.4. The molecule has 1 unspecified atom stereocenters.